The Morgan fingerprint density at radius 2 is 2.04 bits per heavy atom. The number of amides is 1. The second-order valence-corrected chi connectivity index (χ2v) is 5.04. The van der Waals surface area contributed by atoms with Gasteiger partial charge in [-0.1, -0.05) is 12.1 Å². The molecule has 124 valence electrons. The number of hydrogen-bond donors (Lipinski definition) is 1. The van der Waals surface area contributed by atoms with Gasteiger partial charge in [0.2, 0.25) is 6.79 Å². The number of ether oxygens (including phenoxy) is 2. The van der Waals surface area contributed by atoms with Gasteiger partial charge in [-0.2, -0.15) is 5.26 Å². The van der Waals surface area contributed by atoms with Crippen LogP contribution in [0.2, 0.25) is 0 Å². The molecule has 2 aromatic rings. The molecule has 8 heteroatoms. The van der Waals surface area contributed by atoms with Gasteiger partial charge in [-0.15, -0.1) is 0 Å². The first kappa shape index (κ1) is 16.0. The molecule has 1 amide bonds. The molecule has 3 rings (SSSR count). The molecule has 0 bridgehead atoms. The number of nitrogens with one attached hydrogen (secondary N) is 1. The molecule has 0 aliphatic carbocycles. The third-order valence-electron chi connectivity index (χ3n) is 3.39. The Balaban J connectivity index is 1.81. The Hall–Kier alpha value is -3.86. The largest absolute Gasteiger partial charge is 0.454 e. The van der Waals surface area contributed by atoms with Gasteiger partial charge in [0.25, 0.3) is 11.6 Å². The van der Waals surface area contributed by atoms with Crippen molar-refractivity contribution in [3.8, 4) is 17.6 Å². The molecule has 0 fully saturated rings. The van der Waals surface area contributed by atoms with Crippen molar-refractivity contribution in [2.45, 2.75) is 0 Å². The summed E-state index contributed by atoms with van der Waals surface area (Å²) in [6.07, 6.45) is 1.40. The predicted molar refractivity (Wildman–Crippen MR) is 87.9 cm³/mol. The topological polar surface area (TPSA) is 114 Å². The number of benzene rings is 2. The molecular weight excluding hydrogens is 326 g/mol. The third kappa shape index (κ3) is 3.56. The first-order valence-corrected chi connectivity index (χ1v) is 7.14. The highest BCUT2D eigenvalue weighted by molar-refractivity contribution is 6.09. The van der Waals surface area contributed by atoms with Crippen molar-refractivity contribution < 1.29 is 19.2 Å². The van der Waals surface area contributed by atoms with Crippen LogP contribution in [-0.2, 0) is 4.79 Å². The van der Waals surface area contributed by atoms with E-state index in [1.807, 2.05) is 6.07 Å². The Labute approximate surface area is 142 Å². The smallest absolute Gasteiger partial charge is 0.271 e. The highest BCUT2D eigenvalue weighted by Gasteiger charge is 2.15. The number of carbonyl (C=O) groups excluding carboxylic acids is 1. The Morgan fingerprint density at radius 3 is 2.80 bits per heavy atom. The molecule has 1 N–H and O–H groups in total. The highest BCUT2D eigenvalue weighted by Crippen LogP contribution is 2.33. The maximum Gasteiger partial charge on any atom is 0.271 e. The van der Waals surface area contributed by atoms with E-state index in [0.29, 0.717) is 17.1 Å². The number of hydrogen-bond acceptors (Lipinski definition) is 6. The van der Waals surface area contributed by atoms with Crippen LogP contribution in [0.15, 0.2) is 48.0 Å². The number of anilines is 1. The summed E-state index contributed by atoms with van der Waals surface area (Å²) in [5.41, 5.74) is 0.516. The normalized spacial score (nSPS) is 12.4. The van der Waals surface area contributed by atoms with Gasteiger partial charge in [0.05, 0.1) is 4.92 Å². The zero-order valence-corrected chi connectivity index (χ0v) is 12.8. The van der Waals surface area contributed by atoms with E-state index in [9.17, 15) is 20.2 Å². The van der Waals surface area contributed by atoms with E-state index >= 15 is 0 Å². The quantitative estimate of drug-likeness (QED) is 0.397. The van der Waals surface area contributed by atoms with Gasteiger partial charge in [-0.05, 0) is 29.8 Å². The summed E-state index contributed by atoms with van der Waals surface area (Å²) in [6.45, 7) is 0.126. The van der Waals surface area contributed by atoms with E-state index in [1.165, 1.54) is 30.3 Å². The number of nitrogens with zero attached hydrogens (tertiary/aromatic N) is 2. The molecule has 2 aromatic carbocycles. The highest BCUT2D eigenvalue weighted by atomic mass is 16.7. The van der Waals surface area contributed by atoms with Gasteiger partial charge >= 0.3 is 0 Å². The van der Waals surface area contributed by atoms with Crippen molar-refractivity contribution >= 4 is 23.4 Å². The molecule has 25 heavy (non-hydrogen) atoms. The minimum atomic E-state index is -0.666. The first-order chi connectivity index (χ1) is 12.1. The van der Waals surface area contributed by atoms with Gasteiger partial charge in [-0.25, -0.2) is 0 Å². The number of nitro groups is 1. The number of non-ortho nitro benzene ring substituents is 1. The molecule has 0 spiro atoms. The lowest BCUT2D eigenvalue weighted by molar-refractivity contribution is -0.384. The Bertz CT molecular complexity index is 930. The summed E-state index contributed by atoms with van der Waals surface area (Å²) in [4.78, 5) is 22.4. The van der Waals surface area contributed by atoms with Crippen LogP contribution in [0.1, 0.15) is 5.56 Å². The summed E-state index contributed by atoms with van der Waals surface area (Å²) >= 11 is 0. The number of nitro benzene ring substituents is 1. The van der Waals surface area contributed by atoms with E-state index in [4.69, 9.17) is 9.47 Å². The van der Waals surface area contributed by atoms with E-state index in [0.717, 1.165) is 0 Å². The summed E-state index contributed by atoms with van der Waals surface area (Å²) in [7, 11) is 0. The SMILES string of the molecule is N#CC(=Cc1ccc2c(c1)OCO2)C(=O)Nc1cccc([N+](=O)[O-])c1. The minimum absolute atomic E-state index is 0.126. The molecule has 0 aromatic heterocycles. The maximum absolute atomic E-state index is 12.2. The van der Waals surface area contributed by atoms with E-state index in [-0.39, 0.29) is 23.7 Å². The third-order valence-corrected chi connectivity index (χ3v) is 3.39. The predicted octanol–water partition coefficient (Wildman–Crippen LogP) is 2.87. The second kappa shape index (κ2) is 6.72. The average molecular weight is 337 g/mol. The molecule has 0 atom stereocenters. The minimum Gasteiger partial charge on any atom is -0.454 e. The lowest BCUT2D eigenvalue weighted by atomic mass is 10.1. The van der Waals surface area contributed by atoms with Crippen LogP contribution in [0.5, 0.6) is 11.5 Å². The van der Waals surface area contributed by atoms with Crippen molar-refractivity contribution in [3.63, 3.8) is 0 Å². The number of rotatable bonds is 4. The summed E-state index contributed by atoms with van der Waals surface area (Å²) in [5.74, 6) is 0.461. The van der Waals surface area contributed by atoms with E-state index in [1.54, 1.807) is 18.2 Å². The fourth-order valence-corrected chi connectivity index (χ4v) is 2.21. The molecule has 0 unspecified atom stereocenters. The van der Waals surface area contributed by atoms with Crippen LogP contribution in [0.25, 0.3) is 6.08 Å². The fraction of sp³-hybridized carbons (Fsp3) is 0.0588. The molecule has 0 saturated carbocycles. The van der Waals surface area contributed by atoms with E-state index < -0.39 is 10.8 Å². The van der Waals surface area contributed by atoms with Crippen molar-refractivity contribution in [3.05, 3.63) is 63.7 Å². The maximum atomic E-state index is 12.2. The summed E-state index contributed by atoms with van der Waals surface area (Å²) in [5, 5.41) is 22.5. The van der Waals surface area contributed by atoms with Crippen LogP contribution in [0, 0.1) is 21.4 Å². The van der Waals surface area contributed by atoms with E-state index in [2.05, 4.69) is 5.32 Å². The van der Waals surface area contributed by atoms with Crippen molar-refractivity contribution in [2.75, 3.05) is 12.1 Å². The van der Waals surface area contributed by atoms with Gasteiger partial charge in [0.15, 0.2) is 11.5 Å². The molecule has 1 aliphatic rings. The number of nitriles is 1. The summed E-state index contributed by atoms with van der Waals surface area (Å²) in [6, 6.07) is 12.3. The standard InChI is InChI=1S/C17H11N3O5/c18-9-12(6-11-4-5-15-16(7-11)25-10-24-15)17(21)19-13-2-1-3-14(8-13)20(22)23/h1-8H,10H2,(H,19,21). The van der Waals surface area contributed by atoms with Gasteiger partial charge < -0.3 is 14.8 Å². The van der Waals surface area contributed by atoms with Gasteiger partial charge in [0, 0.05) is 17.8 Å². The monoisotopic (exact) mass is 337 g/mol. The van der Waals surface area contributed by atoms with Gasteiger partial charge in [-0.3, -0.25) is 14.9 Å². The molecular formula is C17H11N3O5. The first-order valence-electron chi connectivity index (χ1n) is 7.14. The average Bonchev–Trinajstić information content (AvgIpc) is 3.07. The molecule has 0 saturated heterocycles. The lowest BCUT2D eigenvalue weighted by Gasteiger charge is -2.04. The van der Waals surface area contributed by atoms with Crippen molar-refractivity contribution in [1.82, 2.24) is 0 Å². The lowest BCUT2D eigenvalue weighted by Crippen LogP contribution is -2.13. The second-order valence-electron chi connectivity index (χ2n) is 5.04. The van der Waals surface area contributed by atoms with Crippen molar-refractivity contribution in [1.29, 1.82) is 5.26 Å². The molecule has 1 aliphatic heterocycles. The van der Waals surface area contributed by atoms with Crippen molar-refractivity contribution in [2.24, 2.45) is 0 Å². The van der Waals surface area contributed by atoms with Crippen LogP contribution in [0.4, 0.5) is 11.4 Å². The molecule has 8 nitrogen and oxygen atoms in total. The Kier molecular flexibility index (Phi) is 4.30. The van der Waals surface area contributed by atoms with Crippen LogP contribution in [-0.4, -0.2) is 17.6 Å². The van der Waals surface area contributed by atoms with Crippen LogP contribution >= 0.6 is 0 Å². The number of carbonyl (C=O) groups is 1. The molecule has 1 heterocycles. The Morgan fingerprint density at radius 1 is 1.24 bits per heavy atom. The zero-order chi connectivity index (χ0) is 17.8. The van der Waals surface area contributed by atoms with Gasteiger partial charge in [0.1, 0.15) is 11.6 Å². The zero-order valence-electron chi connectivity index (χ0n) is 12.8. The number of fused-ring (bicyclic) bond motifs is 1. The van der Waals surface area contributed by atoms with Crippen LogP contribution < -0.4 is 14.8 Å². The fourth-order valence-electron chi connectivity index (χ4n) is 2.21. The molecule has 0 radical (unpaired) electrons. The van der Waals surface area contributed by atoms with Crippen LogP contribution in [0.3, 0.4) is 0 Å². The summed E-state index contributed by atoms with van der Waals surface area (Å²) < 4.78 is 10.4.